The zero-order chi connectivity index (χ0) is 36.8. The van der Waals surface area contributed by atoms with Crippen molar-refractivity contribution in [2.24, 2.45) is 0 Å². The predicted octanol–water partition coefficient (Wildman–Crippen LogP) is 17.6. The van der Waals surface area contributed by atoms with Crippen LogP contribution < -0.4 is 0 Å². The number of ether oxygens (including phenoxy) is 2. The van der Waals surface area contributed by atoms with E-state index in [4.69, 9.17) is 9.47 Å². The highest BCUT2D eigenvalue weighted by molar-refractivity contribution is 4.98. The fourth-order valence-electron chi connectivity index (χ4n) is 7.50. The zero-order valence-corrected chi connectivity index (χ0v) is 36.0. The summed E-state index contributed by atoms with van der Waals surface area (Å²) in [5, 5.41) is 0. The first kappa shape index (κ1) is 50.7. The Hall–Kier alpha value is -0.340. The molecule has 51 heavy (non-hydrogen) atoms. The molecule has 0 rings (SSSR count). The van der Waals surface area contributed by atoms with Crippen molar-refractivity contribution in [3.63, 3.8) is 0 Å². The van der Waals surface area contributed by atoms with Crippen molar-refractivity contribution in [1.29, 1.82) is 0 Å². The van der Waals surface area contributed by atoms with Crippen LogP contribution in [0.1, 0.15) is 278 Å². The second-order valence-corrected chi connectivity index (χ2v) is 16.6. The van der Waals surface area contributed by atoms with E-state index >= 15 is 0 Å². The van der Waals surface area contributed by atoms with Gasteiger partial charge in [-0.15, -0.1) is 0 Å². The third kappa shape index (κ3) is 47.6. The Morgan fingerprint density at radius 2 is 0.510 bits per heavy atom. The molecule has 0 fully saturated rings. The molecule has 0 bridgehead atoms. The maximum atomic E-state index is 5.91. The number of hydrogen-bond acceptors (Lipinski definition) is 2. The van der Waals surface area contributed by atoms with Crippen LogP contribution >= 0.6 is 0 Å². The van der Waals surface area contributed by atoms with Gasteiger partial charge in [0.2, 0.25) is 0 Å². The van der Waals surface area contributed by atoms with Crippen LogP contribution in [-0.4, -0.2) is 26.4 Å². The Morgan fingerprint density at radius 3 is 0.765 bits per heavy atom. The molecule has 0 aliphatic rings. The summed E-state index contributed by atoms with van der Waals surface area (Å²) in [4.78, 5) is 0. The third-order valence-corrected chi connectivity index (χ3v) is 11.2. The largest absolute Gasteiger partial charge is 0.377 e. The SMILES string of the molecule is CCCCCCCCCCCCCCCCCCCCCCOC/C=C(/C)COCCCCCCCCCCCCCCCCCCCCCC. The fourth-order valence-corrected chi connectivity index (χ4v) is 7.50. The Bertz CT molecular complexity index is 628. The summed E-state index contributed by atoms with van der Waals surface area (Å²) >= 11 is 0. The van der Waals surface area contributed by atoms with Crippen molar-refractivity contribution in [3.05, 3.63) is 11.6 Å². The van der Waals surface area contributed by atoms with Gasteiger partial charge in [0, 0.05) is 13.2 Å². The molecule has 306 valence electrons. The van der Waals surface area contributed by atoms with E-state index in [-0.39, 0.29) is 0 Å². The molecule has 0 amide bonds. The maximum Gasteiger partial charge on any atom is 0.0674 e. The van der Waals surface area contributed by atoms with Crippen molar-refractivity contribution in [2.45, 2.75) is 278 Å². The Morgan fingerprint density at radius 1 is 0.294 bits per heavy atom. The van der Waals surface area contributed by atoms with Crippen molar-refractivity contribution >= 4 is 0 Å². The lowest BCUT2D eigenvalue weighted by atomic mass is 10.0. The van der Waals surface area contributed by atoms with Crippen molar-refractivity contribution in [2.75, 3.05) is 26.4 Å². The molecular weight excluding hydrogens is 621 g/mol. The fraction of sp³-hybridized carbons (Fsp3) is 0.959. The van der Waals surface area contributed by atoms with E-state index in [1.54, 1.807) is 0 Å². The molecule has 0 radical (unpaired) electrons. The minimum absolute atomic E-state index is 0.744. The van der Waals surface area contributed by atoms with Crippen LogP contribution in [0.15, 0.2) is 11.6 Å². The van der Waals surface area contributed by atoms with Gasteiger partial charge >= 0.3 is 0 Å². The Balaban J connectivity index is 3.19. The molecule has 2 heteroatoms. The highest BCUT2D eigenvalue weighted by Crippen LogP contribution is 2.17. The molecular formula is C49H98O2. The van der Waals surface area contributed by atoms with Crippen LogP contribution in [0, 0.1) is 0 Å². The van der Waals surface area contributed by atoms with Gasteiger partial charge in [0.25, 0.3) is 0 Å². The molecule has 0 saturated heterocycles. The van der Waals surface area contributed by atoms with Gasteiger partial charge in [-0.1, -0.05) is 264 Å². The molecule has 0 aromatic carbocycles. The summed E-state index contributed by atoms with van der Waals surface area (Å²) in [6.45, 7) is 10.1. The van der Waals surface area contributed by atoms with Crippen molar-refractivity contribution in [1.82, 2.24) is 0 Å². The molecule has 0 atom stereocenters. The van der Waals surface area contributed by atoms with E-state index in [9.17, 15) is 0 Å². The lowest BCUT2D eigenvalue weighted by Crippen LogP contribution is -2.00. The topological polar surface area (TPSA) is 18.5 Å². The quantitative estimate of drug-likeness (QED) is 0.0461. The monoisotopic (exact) mass is 719 g/mol. The highest BCUT2D eigenvalue weighted by Gasteiger charge is 1.98. The van der Waals surface area contributed by atoms with Gasteiger partial charge in [-0.05, 0) is 25.3 Å². The van der Waals surface area contributed by atoms with Gasteiger partial charge in [-0.3, -0.25) is 0 Å². The first-order valence-corrected chi connectivity index (χ1v) is 24.1. The van der Waals surface area contributed by atoms with E-state index in [0.29, 0.717) is 0 Å². The lowest BCUT2D eigenvalue weighted by molar-refractivity contribution is 0.144. The number of rotatable bonds is 46. The molecule has 0 unspecified atom stereocenters. The average molecular weight is 719 g/mol. The molecule has 0 spiro atoms. The van der Waals surface area contributed by atoms with Crippen LogP contribution in [0.5, 0.6) is 0 Å². The highest BCUT2D eigenvalue weighted by atomic mass is 16.5. The molecule has 2 nitrogen and oxygen atoms in total. The van der Waals surface area contributed by atoms with E-state index in [2.05, 4.69) is 26.8 Å². The van der Waals surface area contributed by atoms with Gasteiger partial charge in [-0.2, -0.15) is 0 Å². The molecule has 0 N–H and O–H groups in total. The third-order valence-electron chi connectivity index (χ3n) is 11.2. The van der Waals surface area contributed by atoms with Gasteiger partial charge in [-0.25, -0.2) is 0 Å². The molecule has 0 aliphatic heterocycles. The van der Waals surface area contributed by atoms with Crippen LogP contribution in [0.25, 0.3) is 0 Å². The van der Waals surface area contributed by atoms with Gasteiger partial charge in [0.05, 0.1) is 13.2 Å². The van der Waals surface area contributed by atoms with E-state index in [0.717, 1.165) is 26.4 Å². The van der Waals surface area contributed by atoms with Gasteiger partial charge in [0.15, 0.2) is 0 Å². The average Bonchev–Trinajstić information content (AvgIpc) is 3.14. The number of hydrogen-bond donors (Lipinski definition) is 0. The first-order valence-electron chi connectivity index (χ1n) is 24.1. The van der Waals surface area contributed by atoms with Crippen LogP contribution in [0.2, 0.25) is 0 Å². The summed E-state index contributed by atoms with van der Waals surface area (Å²) in [6, 6.07) is 0. The molecule has 0 aliphatic carbocycles. The van der Waals surface area contributed by atoms with Crippen LogP contribution in [0.4, 0.5) is 0 Å². The van der Waals surface area contributed by atoms with E-state index < -0.39 is 0 Å². The molecule has 0 heterocycles. The minimum Gasteiger partial charge on any atom is -0.377 e. The Kier molecular flexibility index (Phi) is 47.4. The zero-order valence-electron chi connectivity index (χ0n) is 36.0. The van der Waals surface area contributed by atoms with Gasteiger partial charge in [0.1, 0.15) is 0 Å². The summed E-state index contributed by atoms with van der Waals surface area (Å²) in [7, 11) is 0. The van der Waals surface area contributed by atoms with E-state index in [1.165, 1.54) is 262 Å². The molecule has 0 aromatic heterocycles. The van der Waals surface area contributed by atoms with E-state index in [1.807, 2.05) is 0 Å². The molecule has 0 saturated carbocycles. The first-order chi connectivity index (χ1) is 25.3. The lowest BCUT2D eigenvalue weighted by Gasteiger charge is -2.06. The van der Waals surface area contributed by atoms with Crippen molar-refractivity contribution in [3.8, 4) is 0 Å². The second-order valence-electron chi connectivity index (χ2n) is 16.6. The van der Waals surface area contributed by atoms with Gasteiger partial charge < -0.3 is 9.47 Å². The number of unbranched alkanes of at least 4 members (excludes halogenated alkanes) is 38. The standard InChI is InChI=1S/C49H98O2/c1-4-6-8-10-12-14-16-18-20-22-24-26-28-30-32-34-36-38-40-42-45-50-47-44-49(3)48-51-46-43-41-39-37-35-33-31-29-27-25-23-21-19-17-15-13-11-9-7-5-2/h44H,4-43,45-48H2,1-3H3/b49-44-. The smallest absolute Gasteiger partial charge is 0.0674 e. The second kappa shape index (κ2) is 47.7. The minimum atomic E-state index is 0.744. The van der Waals surface area contributed by atoms with Crippen LogP contribution in [0.3, 0.4) is 0 Å². The predicted molar refractivity (Wildman–Crippen MR) is 231 cm³/mol. The Labute approximate surface area is 324 Å². The maximum absolute atomic E-state index is 5.91. The summed E-state index contributed by atoms with van der Waals surface area (Å²) in [6.07, 6.45) is 59.5. The normalized spacial score (nSPS) is 12.0. The summed E-state index contributed by atoms with van der Waals surface area (Å²) in [5.41, 5.74) is 1.31. The van der Waals surface area contributed by atoms with Crippen molar-refractivity contribution < 1.29 is 9.47 Å². The van der Waals surface area contributed by atoms with Crippen LogP contribution in [-0.2, 0) is 9.47 Å². The summed E-state index contributed by atoms with van der Waals surface area (Å²) in [5.74, 6) is 0. The summed E-state index contributed by atoms with van der Waals surface area (Å²) < 4.78 is 11.8. The molecule has 0 aromatic rings.